The fraction of sp³-hybridized carbons (Fsp3) is 0.167. The molecular weight excluding hydrogens is 362 g/mol. The van der Waals surface area contributed by atoms with E-state index in [9.17, 15) is 4.79 Å². The number of nitrogens with two attached hydrogens (primary N) is 1. The lowest BCUT2D eigenvalue weighted by molar-refractivity contribution is 0.554. The number of nitrogens with zero attached hydrogens (tertiary/aromatic N) is 5. The van der Waals surface area contributed by atoms with Gasteiger partial charge in [-0.1, -0.05) is 18.3 Å². The Labute approximate surface area is 159 Å². The van der Waals surface area contributed by atoms with E-state index in [0.29, 0.717) is 28.8 Å². The van der Waals surface area contributed by atoms with E-state index in [4.69, 9.17) is 23.4 Å². The van der Waals surface area contributed by atoms with Gasteiger partial charge in [0.2, 0.25) is 0 Å². The van der Waals surface area contributed by atoms with Gasteiger partial charge >= 0.3 is 0 Å². The molecule has 4 aromatic rings. The number of nitrogens with one attached hydrogen (secondary N) is 1. The summed E-state index contributed by atoms with van der Waals surface area (Å²) in [6.45, 7) is 1.23. The van der Waals surface area contributed by atoms with Gasteiger partial charge < -0.3 is 14.9 Å². The van der Waals surface area contributed by atoms with Gasteiger partial charge in [0.25, 0.3) is 5.56 Å². The van der Waals surface area contributed by atoms with Crippen LogP contribution in [0.2, 0.25) is 0 Å². The van der Waals surface area contributed by atoms with Crippen molar-refractivity contribution in [3.05, 3.63) is 70.6 Å². The van der Waals surface area contributed by atoms with E-state index < -0.39 is 0 Å². The number of thiocarbonyl (C=S) groups is 1. The monoisotopic (exact) mass is 379 g/mol. The van der Waals surface area contributed by atoms with Crippen LogP contribution in [0.25, 0.3) is 16.7 Å². The molecular formula is C18H17N7OS. The average molecular weight is 379 g/mol. The van der Waals surface area contributed by atoms with Crippen molar-refractivity contribution in [3.8, 4) is 0 Å². The number of pyridine rings is 2. The van der Waals surface area contributed by atoms with Gasteiger partial charge in [-0.25, -0.2) is 9.97 Å². The van der Waals surface area contributed by atoms with Crippen molar-refractivity contribution >= 4 is 33.9 Å². The molecule has 9 heteroatoms. The Bertz CT molecular complexity index is 1270. The molecule has 4 heterocycles. The lowest BCUT2D eigenvalue weighted by atomic mass is 10.2. The Morgan fingerprint density at radius 2 is 2.11 bits per heavy atom. The van der Waals surface area contributed by atoms with Crippen molar-refractivity contribution in [2.45, 2.75) is 19.5 Å². The van der Waals surface area contributed by atoms with E-state index in [1.54, 1.807) is 41.5 Å². The van der Waals surface area contributed by atoms with Crippen LogP contribution in [-0.4, -0.2) is 28.5 Å². The second-order valence-electron chi connectivity index (χ2n) is 6.16. The van der Waals surface area contributed by atoms with Gasteiger partial charge in [0.1, 0.15) is 21.8 Å². The predicted molar refractivity (Wildman–Crippen MR) is 106 cm³/mol. The minimum Gasteiger partial charge on any atom is -0.389 e. The third kappa shape index (κ3) is 3.02. The third-order valence-electron chi connectivity index (χ3n) is 4.44. The van der Waals surface area contributed by atoms with Crippen molar-refractivity contribution in [2.75, 3.05) is 0 Å². The Morgan fingerprint density at radius 1 is 1.26 bits per heavy atom. The van der Waals surface area contributed by atoms with Crippen LogP contribution >= 0.6 is 12.2 Å². The average Bonchev–Trinajstić information content (AvgIpc) is 3.17. The highest BCUT2D eigenvalue weighted by atomic mass is 32.1. The first-order valence-electron chi connectivity index (χ1n) is 8.41. The van der Waals surface area contributed by atoms with Crippen molar-refractivity contribution < 1.29 is 0 Å². The van der Waals surface area contributed by atoms with Gasteiger partial charge in [-0.2, -0.15) is 0 Å². The van der Waals surface area contributed by atoms with Gasteiger partial charge in [0, 0.05) is 31.7 Å². The van der Waals surface area contributed by atoms with Gasteiger partial charge in [-0.3, -0.25) is 14.6 Å². The largest absolute Gasteiger partial charge is 0.389 e. The summed E-state index contributed by atoms with van der Waals surface area (Å²) < 4.78 is 5.14. The predicted octanol–water partition coefficient (Wildman–Crippen LogP) is 1.05. The maximum atomic E-state index is 12.9. The molecule has 4 aromatic heterocycles. The van der Waals surface area contributed by atoms with E-state index in [1.165, 1.54) is 4.40 Å². The van der Waals surface area contributed by atoms with Crippen LogP contribution in [0.5, 0.6) is 0 Å². The van der Waals surface area contributed by atoms with E-state index in [1.807, 2.05) is 16.8 Å². The van der Waals surface area contributed by atoms with Gasteiger partial charge in [0.05, 0.1) is 17.3 Å². The minimum atomic E-state index is -0.212. The molecule has 136 valence electrons. The molecule has 0 bridgehead atoms. The lowest BCUT2D eigenvalue weighted by Crippen LogP contribution is -2.32. The number of aromatic nitrogens is 5. The van der Waals surface area contributed by atoms with E-state index in [0.717, 1.165) is 13.0 Å². The molecule has 0 saturated carbocycles. The Balaban J connectivity index is 1.91. The summed E-state index contributed by atoms with van der Waals surface area (Å²) in [7, 11) is 0. The van der Waals surface area contributed by atoms with Crippen LogP contribution in [0, 0.1) is 5.41 Å². The summed E-state index contributed by atoms with van der Waals surface area (Å²) in [5, 5.41) is 8.91. The summed E-state index contributed by atoms with van der Waals surface area (Å²) in [6, 6.07) is 6.93. The number of fused-ring (bicyclic) bond motifs is 2. The fourth-order valence-corrected chi connectivity index (χ4v) is 3.28. The molecule has 0 aliphatic carbocycles. The molecule has 0 aliphatic heterocycles. The van der Waals surface area contributed by atoms with Crippen molar-refractivity contribution in [2.24, 2.45) is 5.73 Å². The number of hydrogen-bond donors (Lipinski definition) is 2. The van der Waals surface area contributed by atoms with Crippen molar-refractivity contribution in [1.29, 1.82) is 5.41 Å². The van der Waals surface area contributed by atoms with Crippen LogP contribution in [0.4, 0.5) is 0 Å². The van der Waals surface area contributed by atoms with Crippen LogP contribution in [0.15, 0.2) is 54.0 Å². The number of imidazole rings is 1. The number of hydrogen-bond acceptors (Lipinski definition) is 5. The summed E-state index contributed by atoms with van der Waals surface area (Å²) in [5.41, 5.74) is 7.11. The first-order chi connectivity index (χ1) is 13.1. The molecule has 0 aliphatic rings. The second kappa shape index (κ2) is 6.76. The summed E-state index contributed by atoms with van der Waals surface area (Å²) in [6.07, 6.45) is 7.75. The zero-order valence-electron chi connectivity index (χ0n) is 14.4. The maximum Gasteiger partial charge on any atom is 0.267 e. The molecule has 0 unspecified atom stereocenters. The molecule has 8 nitrogen and oxygen atoms in total. The molecule has 27 heavy (non-hydrogen) atoms. The standard InChI is InChI=1S/C18H17N7OS/c19-15-12(16(20)27)10-13-17(22-14-4-1-2-7-24(14)18(13)26)25(15)8-3-6-23-9-5-21-11-23/h1-2,4-5,7,9-11,19H,3,6,8H2,(H2,20,27). The zero-order valence-corrected chi connectivity index (χ0v) is 15.2. The Kier molecular flexibility index (Phi) is 4.28. The summed E-state index contributed by atoms with van der Waals surface area (Å²) in [4.78, 5) is 21.7. The topological polar surface area (TPSA) is 107 Å². The Hall–Kier alpha value is -3.33. The van der Waals surface area contributed by atoms with Gasteiger partial charge in [0.15, 0.2) is 0 Å². The molecule has 3 N–H and O–H groups in total. The van der Waals surface area contributed by atoms with E-state index >= 15 is 0 Å². The first-order valence-corrected chi connectivity index (χ1v) is 8.82. The second-order valence-corrected chi connectivity index (χ2v) is 6.60. The van der Waals surface area contributed by atoms with Crippen LogP contribution in [0.3, 0.4) is 0 Å². The Morgan fingerprint density at radius 3 is 2.85 bits per heavy atom. The molecule has 0 fully saturated rings. The normalized spacial score (nSPS) is 11.3. The highest BCUT2D eigenvalue weighted by Gasteiger charge is 2.14. The fourth-order valence-electron chi connectivity index (χ4n) is 3.12. The molecule has 0 atom stereocenters. The van der Waals surface area contributed by atoms with Crippen molar-refractivity contribution in [1.82, 2.24) is 23.5 Å². The van der Waals surface area contributed by atoms with E-state index in [-0.39, 0.29) is 16.0 Å². The highest BCUT2D eigenvalue weighted by Crippen LogP contribution is 2.11. The van der Waals surface area contributed by atoms with Crippen LogP contribution < -0.4 is 16.8 Å². The summed E-state index contributed by atoms with van der Waals surface area (Å²) in [5.74, 6) is 0. The molecule has 0 spiro atoms. The van der Waals surface area contributed by atoms with E-state index in [2.05, 4.69) is 9.97 Å². The smallest absolute Gasteiger partial charge is 0.267 e. The van der Waals surface area contributed by atoms with Gasteiger partial charge in [-0.05, 0) is 24.6 Å². The number of aryl methyl sites for hydroxylation is 2. The minimum absolute atomic E-state index is 0.0859. The van der Waals surface area contributed by atoms with Crippen LogP contribution in [-0.2, 0) is 13.1 Å². The summed E-state index contributed by atoms with van der Waals surface area (Å²) >= 11 is 5.09. The van der Waals surface area contributed by atoms with Gasteiger partial charge in [-0.15, -0.1) is 0 Å². The molecule has 4 rings (SSSR count). The number of rotatable bonds is 5. The molecule has 0 radical (unpaired) electrons. The van der Waals surface area contributed by atoms with Crippen molar-refractivity contribution in [3.63, 3.8) is 0 Å². The highest BCUT2D eigenvalue weighted by molar-refractivity contribution is 7.80. The third-order valence-corrected chi connectivity index (χ3v) is 4.66. The SMILES string of the molecule is N=c1c(C(N)=S)cc2c(=O)n3ccccc3nc2n1CCCn1ccnc1. The van der Waals surface area contributed by atoms with Crippen LogP contribution in [0.1, 0.15) is 12.0 Å². The first kappa shape index (κ1) is 17.1. The molecule has 0 aromatic carbocycles. The maximum absolute atomic E-state index is 12.9. The quantitative estimate of drug-likeness (QED) is 0.398. The molecule has 0 saturated heterocycles. The molecule has 0 amide bonds. The zero-order chi connectivity index (χ0) is 19.0. The lowest BCUT2D eigenvalue weighted by Gasteiger charge is -2.14.